The van der Waals surface area contributed by atoms with Gasteiger partial charge in [-0.05, 0) is 58.7 Å². The molecule has 6 rings (SSSR count). The van der Waals surface area contributed by atoms with E-state index < -0.39 is 5.97 Å². The number of hydrazone groups is 1. The molecule has 1 aliphatic heterocycles. The fourth-order valence-corrected chi connectivity index (χ4v) is 4.66. The lowest BCUT2D eigenvalue weighted by Crippen LogP contribution is -2.19. The van der Waals surface area contributed by atoms with Crippen molar-refractivity contribution in [1.82, 2.24) is 9.97 Å². The summed E-state index contributed by atoms with van der Waals surface area (Å²) in [5.41, 5.74) is 7.90. The maximum atomic E-state index is 11.7. The average molecular weight is 471 g/mol. The second-order valence-corrected chi connectivity index (χ2v) is 8.72. The molecule has 0 bridgehead atoms. The lowest BCUT2D eigenvalue weighted by atomic mass is 9.95. The van der Waals surface area contributed by atoms with Crippen molar-refractivity contribution in [2.45, 2.75) is 12.5 Å². The Hall–Kier alpha value is -4.84. The number of carboxylic acids is 1. The van der Waals surface area contributed by atoms with E-state index in [1.807, 2.05) is 41.4 Å². The highest BCUT2D eigenvalue weighted by Gasteiger charge is 2.30. The number of nitrogens with zero attached hydrogens (tertiary/aromatic N) is 4. The van der Waals surface area contributed by atoms with Crippen LogP contribution in [0.15, 0.2) is 115 Å². The second kappa shape index (κ2) is 9.07. The molecule has 0 spiro atoms. The van der Waals surface area contributed by atoms with Crippen LogP contribution in [-0.4, -0.2) is 26.8 Å². The average Bonchev–Trinajstić information content (AvgIpc) is 3.39. The van der Waals surface area contributed by atoms with Crippen LogP contribution in [0, 0.1) is 0 Å². The van der Waals surface area contributed by atoms with Gasteiger partial charge in [-0.3, -0.25) is 15.0 Å². The van der Waals surface area contributed by atoms with E-state index in [1.165, 1.54) is 0 Å². The van der Waals surface area contributed by atoms with E-state index in [-0.39, 0.29) is 11.6 Å². The Kier molecular flexibility index (Phi) is 5.46. The Morgan fingerprint density at radius 1 is 0.750 bits per heavy atom. The van der Waals surface area contributed by atoms with Gasteiger partial charge in [-0.15, -0.1) is 0 Å². The molecular weight excluding hydrogens is 448 g/mol. The first-order chi connectivity index (χ1) is 17.7. The molecule has 1 aliphatic rings. The van der Waals surface area contributed by atoms with Gasteiger partial charge in [0.2, 0.25) is 0 Å². The molecule has 0 radical (unpaired) electrons. The van der Waals surface area contributed by atoms with E-state index >= 15 is 0 Å². The predicted molar refractivity (Wildman–Crippen MR) is 141 cm³/mol. The van der Waals surface area contributed by atoms with Crippen LogP contribution in [0.2, 0.25) is 0 Å². The van der Waals surface area contributed by atoms with Crippen LogP contribution in [0.25, 0.3) is 22.2 Å². The smallest absolute Gasteiger partial charge is 0.335 e. The zero-order chi connectivity index (χ0) is 24.5. The minimum atomic E-state index is -0.964. The molecule has 2 heterocycles. The van der Waals surface area contributed by atoms with Crippen molar-refractivity contribution in [1.29, 1.82) is 0 Å². The highest BCUT2D eigenvalue weighted by Crippen LogP contribution is 2.38. The number of anilines is 1. The summed E-state index contributed by atoms with van der Waals surface area (Å²) < 4.78 is 0. The number of aromatic nitrogens is 2. The van der Waals surface area contributed by atoms with Gasteiger partial charge in [0.15, 0.2) is 0 Å². The number of carbonyl (C=O) groups is 1. The minimum absolute atomic E-state index is 0.115. The van der Waals surface area contributed by atoms with Crippen LogP contribution in [0.4, 0.5) is 5.69 Å². The maximum Gasteiger partial charge on any atom is 0.335 e. The van der Waals surface area contributed by atoms with Crippen molar-refractivity contribution in [3.63, 3.8) is 0 Å². The molecule has 6 nitrogen and oxygen atoms in total. The topological polar surface area (TPSA) is 78.7 Å². The molecule has 0 saturated carbocycles. The van der Waals surface area contributed by atoms with E-state index in [9.17, 15) is 9.90 Å². The van der Waals surface area contributed by atoms with Crippen molar-refractivity contribution in [2.75, 3.05) is 5.01 Å². The molecule has 5 aromatic rings. The summed E-state index contributed by atoms with van der Waals surface area (Å²) in [7, 11) is 0. The quantitative estimate of drug-likeness (QED) is 0.324. The number of carboxylic acid groups (broad SMARTS) is 1. The molecule has 1 unspecified atom stereocenters. The second-order valence-electron chi connectivity index (χ2n) is 8.72. The van der Waals surface area contributed by atoms with E-state index in [0.717, 1.165) is 44.7 Å². The van der Waals surface area contributed by atoms with E-state index in [4.69, 9.17) is 5.10 Å². The standard InChI is InChI=1S/C30H22N4O2/c35-30(36)24-10-5-11-25(17-24)34-29(23-12-13-26-28(18-23)32-15-14-31-26)19-27(33-34)22-9-4-8-21(16-22)20-6-2-1-3-7-20/h1-18,29H,19H2,(H,35,36). The van der Waals surface area contributed by atoms with E-state index in [1.54, 1.807) is 30.6 Å². The number of fused-ring (bicyclic) bond motifs is 1. The summed E-state index contributed by atoms with van der Waals surface area (Å²) in [6.07, 6.45) is 4.04. The molecule has 6 heteroatoms. The zero-order valence-corrected chi connectivity index (χ0v) is 19.3. The summed E-state index contributed by atoms with van der Waals surface area (Å²) >= 11 is 0. The monoisotopic (exact) mass is 470 g/mol. The van der Waals surface area contributed by atoms with E-state index in [0.29, 0.717) is 6.42 Å². The third kappa shape index (κ3) is 4.09. The lowest BCUT2D eigenvalue weighted by molar-refractivity contribution is 0.0697. The van der Waals surface area contributed by atoms with Gasteiger partial charge in [-0.2, -0.15) is 5.10 Å². The number of aromatic carboxylic acids is 1. The SMILES string of the molecule is O=C(O)c1cccc(N2N=C(c3cccc(-c4ccccc4)c3)CC2c2ccc3nccnc3c2)c1. The Labute approximate surface area is 208 Å². The van der Waals surface area contributed by atoms with Gasteiger partial charge >= 0.3 is 5.97 Å². The van der Waals surface area contributed by atoms with Crippen molar-refractivity contribution in [3.05, 3.63) is 126 Å². The van der Waals surface area contributed by atoms with Crippen LogP contribution in [0.1, 0.15) is 33.9 Å². The first kappa shape index (κ1) is 21.7. The predicted octanol–water partition coefficient (Wildman–Crippen LogP) is 6.35. The van der Waals surface area contributed by atoms with Crippen LogP contribution in [0.3, 0.4) is 0 Å². The van der Waals surface area contributed by atoms with Gasteiger partial charge in [0, 0.05) is 18.8 Å². The van der Waals surface area contributed by atoms with Crippen molar-refractivity contribution in [3.8, 4) is 11.1 Å². The van der Waals surface area contributed by atoms with Crippen LogP contribution in [-0.2, 0) is 0 Å². The summed E-state index contributed by atoms with van der Waals surface area (Å²) in [5.74, 6) is -0.964. The maximum absolute atomic E-state index is 11.7. The van der Waals surface area contributed by atoms with Gasteiger partial charge in [0.1, 0.15) is 0 Å². The fraction of sp³-hybridized carbons (Fsp3) is 0.0667. The molecule has 1 aromatic heterocycles. The molecular formula is C30H22N4O2. The highest BCUT2D eigenvalue weighted by atomic mass is 16.4. The van der Waals surface area contributed by atoms with Crippen LogP contribution >= 0.6 is 0 Å². The molecule has 1 atom stereocenters. The fourth-order valence-electron chi connectivity index (χ4n) is 4.66. The number of hydrogen-bond donors (Lipinski definition) is 1. The zero-order valence-electron chi connectivity index (χ0n) is 19.3. The molecule has 0 saturated heterocycles. The molecule has 36 heavy (non-hydrogen) atoms. The number of hydrogen-bond acceptors (Lipinski definition) is 5. The minimum Gasteiger partial charge on any atom is -0.478 e. The number of benzene rings is 4. The molecule has 4 aromatic carbocycles. The Balaban J connectivity index is 1.44. The van der Waals surface area contributed by atoms with Gasteiger partial charge in [-0.1, -0.05) is 60.7 Å². The van der Waals surface area contributed by atoms with E-state index in [2.05, 4.69) is 52.4 Å². The first-order valence-electron chi connectivity index (χ1n) is 11.7. The Morgan fingerprint density at radius 3 is 2.33 bits per heavy atom. The summed E-state index contributed by atoms with van der Waals surface area (Å²) in [6, 6.07) is 31.5. The van der Waals surface area contributed by atoms with Crippen LogP contribution < -0.4 is 5.01 Å². The van der Waals surface area contributed by atoms with Crippen LogP contribution in [0.5, 0.6) is 0 Å². The Bertz CT molecular complexity index is 1610. The summed E-state index contributed by atoms with van der Waals surface area (Å²) in [5, 5.41) is 16.5. The third-order valence-electron chi connectivity index (χ3n) is 6.45. The molecule has 0 amide bonds. The van der Waals surface area contributed by atoms with Gasteiger partial charge < -0.3 is 5.11 Å². The van der Waals surface area contributed by atoms with Crippen molar-refractivity contribution < 1.29 is 9.90 Å². The lowest BCUT2D eigenvalue weighted by Gasteiger charge is -2.24. The molecule has 0 fully saturated rings. The third-order valence-corrected chi connectivity index (χ3v) is 6.45. The first-order valence-corrected chi connectivity index (χ1v) is 11.7. The summed E-state index contributed by atoms with van der Waals surface area (Å²) in [4.78, 5) is 20.5. The summed E-state index contributed by atoms with van der Waals surface area (Å²) in [6.45, 7) is 0. The van der Waals surface area contributed by atoms with Gasteiger partial charge in [0.05, 0.1) is 34.0 Å². The molecule has 1 N–H and O–H groups in total. The number of rotatable bonds is 5. The molecule has 174 valence electrons. The van der Waals surface area contributed by atoms with Gasteiger partial charge in [0.25, 0.3) is 0 Å². The normalized spacial score (nSPS) is 15.2. The largest absolute Gasteiger partial charge is 0.478 e. The highest BCUT2D eigenvalue weighted by molar-refractivity contribution is 6.04. The Morgan fingerprint density at radius 2 is 1.50 bits per heavy atom. The molecule has 0 aliphatic carbocycles. The van der Waals surface area contributed by atoms with Crippen molar-refractivity contribution >= 4 is 28.4 Å². The van der Waals surface area contributed by atoms with Crippen molar-refractivity contribution in [2.24, 2.45) is 5.10 Å². The van der Waals surface area contributed by atoms with Gasteiger partial charge in [-0.25, -0.2) is 4.79 Å².